The van der Waals surface area contributed by atoms with Crippen molar-refractivity contribution in [3.8, 4) is 0 Å². The van der Waals surface area contributed by atoms with Crippen molar-refractivity contribution in [2.24, 2.45) is 11.8 Å². The van der Waals surface area contributed by atoms with Crippen LogP contribution in [0.1, 0.15) is 25.7 Å². The average molecular weight is 396 g/mol. The minimum atomic E-state index is -5.08. The number of fused-ring (bicyclic) bond motifs is 1. The normalized spacial score (nSPS) is 29.9. The first-order valence-corrected chi connectivity index (χ1v) is 9.19. The smallest absolute Gasteiger partial charge is 0.475 e. The highest BCUT2D eigenvalue weighted by Crippen LogP contribution is 2.34. The molecule has 3 fully saturated rings. The fourth-order valence-electron chi connectivity index (χ4n) is 4.03. The number of carbonyl (C=O) groups is 2. The Balaban J connectivity index is 0.000000321. The summed E-state index contributed by atoms with van der Waals surface area (Å²) in [6.07, 6.45) is -0.619. The first kappa shape index (κ1) is 21.9. The van der Waals surface area contributed by atoms with Crippen molar-refractivity contribution < 1.29 is 37.3 Å². The lowest BCUT2D eigenvalue weighted by Crippen LogP contribution is -2.55. The van der Waals surface area contributed by atoms with Gasteiger partial charge in [-0.25, -0.2) is 4.79 Å². The molecule has 1 amide bonds. The maximum absolute atomic E-state index is 12.1. The highest BCUT2D eigenvalue weighted by atomic mass is 19.4. The van der Waals surface area contributed by atoms with Crippen LogP contribution >= 0.6 is 0 Å². The Morgan fingerprint density at radius 2 is 1.74 bits per heavy atom. The maximum atomic E-state index is 12.1. The van der Waals surface area contributed by atoms with Gasteiger partial charge in [-0.3, -0.25) is 9.69 Å². The van der Waals surface area contributed by atoms with Gasteiger partial charge >= 0.3 is 12.1 Å². The van der Waals surface area contributed by atoms with Gasteiger partial charge in [-0.2, -0.15) is 13.2 Å². The van der Waals surface area contributed by atoms with Crippen molar-refractivity contribution in [2.75, 3.05) is 40.0 Å². The molecule has 0 unspecified atom stereocenters. The Kier molecular flexibility index (Phi) is 7.87. The fourth-order valence-corrected chi connectivity index (χ4v) is 4.03. The molecule has 0 aromatic heterocycles. The molecule has 3 atom stereocenters. The molecule has 3 aliphatic heterocycles. The fraction of sp³-hybridized carbons (Fsp3) is 0.882. The predicted molar refractivity (Wildman–Crippen MR) is 89.1 cm³/mol. The van der Waals surface area contributed by atoms with Crippen LogP contribution in [-0.4, -0.2) is 80.2 Å². The van der Waals surface area contributed by atoms with Crippen molar-refractivity contribution in [3.05, 3.63) is 0 Å². The minimum Gasteiger partial charge on any atom is -0.475 e. The van der Waals surface area contributed by atoms with Crippen molar-refractivity contribution >= 4 is 11.9 Å². The largest absolute Gasteiger partial charge is 0.490 e. The summed E-state index contributed by atoms with van der Waals surface area (Å²) in [5.41, 5.74) is 0. The van der Waals surface area contributed by atoms with Crippen LogP contribution in [0.15, 0.2) is 0 Å². The number of hydrogen-bond donors (Lipinski definition) is 2. The van der Waals surface area contributed by atoms with Gasteiger partial charge in [-0.1, -0.05) is 0 Å². The summed E-state index contributed by atoms with van der Waals surface area (Å²) < 4.78 is 43.1. The van der Waals surface area contributed by atoms with Crippen LogP contribution in [0.25, 0.3) is 0 Å². The zero-order valence-electron chi connectivity index (χ0n) is 15.3. The number of rotatable bonds is 2. The predicted octanol–water partition coefficient (Wildman–Crippen LogP) is 1.27. The molecular formula is C17H27F3N2O5. The van der Waals surface area contributed by atoms with Crippen LogP contribution < -0.4 is 5.32 Å². The topological polar surface area (TPSA) is 88.1 Å². The quantitative estimate of drug-likeness (QED) is 0.731. The van der Waals surface area contributed by atoms with E-state index >= 15 is 0 Å². The third kappa shape index (κ3) is 6.05. The number of halogens is 3. The molecule has 0 aliphatic carbocycles. The number of carboxylic acids is 1. The van der Waals surface area contributed by atoms with Gasteiger partial charge < -0.3 is 19.9 Å². The molecule has 0 spiro atoms. The number of alkyl halides is 3. The van der Waals surface area contributed by atoms with Crippen molar-refractivity contribution in [3.63, 3.8) is 0 Å². The second-order valence-electron chi connectivity index (χ2n) is 7.01. The summed E-state index contributed by atoms with van der Waals surface area (Å²) >= 11 is 0. The van der Waals surface area contributed by atoms with E-state index in [2.05, 4.69) is 10.2 Å². The Morgan fingerprint density at radius 3 is 2.30 bits per heavy atom. The van der Waals surface area contributed by atoms with E-state index in [1.165, 1.54) is 0 Å². The maximum Gasteiger partial charge on any atom is 0.490 e. The van der Waals surface area contributed by atoms with Gasteiger partial charge in [0.2, 0.25) is 5.91 Å². The van der Waals surface area contributed by atoms with Gasteiger partial charge in [0, 0.05) is 57.8 Å². The standard InChI is InChI=1S/C15H26N2O3.C2HF3O2/c1-16-15(18)12-5-9-20-14-2-6-17(10-13(12)14)11-3-7-19-8-4-11;3-2(4,5)1(6)7/h11-14H,2-10H2,1H3,(H,16,18);(H,6,7)/t12-,13-,14-;/m1./s1. The third-order valence-electron chi connectivity index (χ3n) is 5.43. The zero-order valence-corrected chi connectivity index (χ0v) is 15.3. The first-order chi connectivity index (χ1) is 12.7. The van der Waals surface area contributed by atoms with E-state index in [9.17, 15) is 18.0 Å². The molecule has 3 rings (SSSR count). The molecule has 0 aromatic rings. The molecule has 0 aromatic carbocycles. The number of nitrogens with one attached hydrogen (secondary N) is 1. The van der Waals surface area contributed by atoms with Crippen LogP contribution in [0, 0.1) is 11.8 Å². The van der Waals surface area contributed by atoms with Gasteiger partial charge in [0.15, 0.2) is 0 Å². The number of aliphatic carboxylic acids is 1. The number of ether oxygens (including phenoxy) is 2. The highest BCUT2D eigenvalue weighted by Gasteiger charge is 2.42. The summed E-state index contributed by atoms with van der Waals surface area (Å²) in [6, 6.07) is 0.636. The van der Waals surface area contributed by atoms with Gasteiger partial charge in [-0.05, 0) is 25.7 Å². The number of likely N-dealkylation sites (tertiary alicyclic amines) is 1. The lowest BCUT2D eigenvalue weighted by Gasteiger charge is -2.47. The van der Waals surface area contributed by atoms with E-state index in [0.29, 0.717) is 12.0 Å². The molecule has 3 aliphatic rings. The SMILES string of the molecule is CNC(=O)[C@@H]1CCO[C@@H]2CCN(C3CCOCC3)C[C@@H]21.O=C(O)C(F)(F)F. The molecule has 0 bridgehead atoms. The second kappa shape index (κ2) is 9.70. The Labute approximate surface area is 156 Å². The second-order valence-corrected chi connectivity index (χ2v) is 7.01. The summed E-state index contributed by atoms with van der Waals surface area (Å²) in [4.78, 5) is 23.6. The number of carbonyl (C=O) groups excluding carboxylic acids is 1. The Bertz CT molecular complexity index is 511. The summed E-state index contributed by atoms with van der Waals surface area (Å²) in [5.74, 6) is -2.08. The molecular weight excluding hydrogens is 369 g/mol. The molecule has 3 heterocycles. The summed E-state index contributed by atoms with van der Waals surface area (Å²) in [7, 11) is 1.74. The van der Waals surface area contributed by atoms with E-state index in [1.54, 1.807) is 7.05 Å². The van der Waals surface area contributed by atoms with Gasteiger partial charge in [0.25, 0.3) is 0 Å². The monoisotopic (exact) mass is 396 g/mol. The van der Waals surface area contributed by atoms with Crippen LogP contribution in [0.5, 0.6) is 0 Å². The van der Waals surface area contributed by atoms with E-state index < -0.39 is 12.1 Å². The Hall–Kier alpha value is -1.39. The summed E-state index contributed by atoms with van der Waals surface area (Å²) in [5, 5.41) is 9.95. The number of carboxylic acid groups (broad SMARTS) is 1. The van der Waals surface area contributed by atoms with Crippen LogP contribution in [0.3, 0.4) is 0 Å². The molecule has 7 nitrogen and oxygen atoms in total. The Morgan fingerprint density at radius 1 is 1.11 bits per heavy atom. The van der Waals surface area contributed by atoms with Crippen LogP contribution in [-0.2, 0) is 19.1 Å². The van der Waals surface area contributed by atoms with Crippen molar-refractivity contribution in [1.29, 1.82) is 0 Å². The lowest BCUT2D eigenvalue weighted by molar-refractivity contribution is -0.192. The lowest BCUT2D eigenvalue weighted by atomic mass is 9.78. The van der Waals surface area contributed by atoms with Crippen molar-refractivity contribution in [1.82, 2.24) is 10.2 Å². The number of piperidine rings is 1. The minimum absolute atomic E-state index is 0.126. The van der Waals surface area contributed by atoms with Gasteiger partial charge in [-0.15, -0.1) is 0 Å². The highest BCUT2D eigenvalue weighted by molar-refractivity contribution is 5.78. The molecule has 156 valence electrons. The van der Waals surface area contributed by atoms with E-state index in [1.807, 2.05) is 0 Å². The zero-order chi connectivity index (χ0) is 20.0. The number of amides is 1. The van der Waals surface area contributed by atoms with E-state index in [0.717, 1.165) is 58.6 Å². The van der Waals surface area contributed by atoms with Crippen molar-refractivity contribution in [2.45, 2.75) is 44.0 Å². The summed E-state index contributed by atoms with van der Waals surface area (Å²) in [6.45, 7) is 4.60. The molecule has 0 saturated carbocycles. The molecule has 27 heavy (non-hydrogen) atoms. The van der Waals surface area contributed by atoms with E-state index in [4.69, 9.17) is 19.4 Å². The molecule has 3 saturated heterocycles. The molecule has 0 radical (unpaired) electrons. The van der Waals surface area contributed by atoms with Gasteiger partial charge in [0.05, 0.1) is 6.10 Å². The first-order valence-electron chi connectivity index (χ1n) is 9.19. The van der Waals surface area contributed by atoms with E-state index in [-0.39, 0.29) is 17.9 Å². The third-order valence-corrected chi connectivity index (χ3v) is 5.43. The number of hydrogen-bond acceptors (Lipinski definition) is 5. The van der Waals surface area contributed by atoms with Gasteiger partial charge in [0.1, 0.15) is 0 Å². The van der Waals surface area contributed by atoms with Crippen LogP contribution in [0.4, 0.5) is 13.2 Å². The average Bonchev–Trinajstić information content (AvgIpc) is 2.67. The number of nitrogens with zero attached hydrogens (tertiary/aromatic N) is 1. The molecule has 2 N–H and O–H groups in total. The molecule has 10 heteroatoms. The van der Waals surface area contributed by atoms with Crippen LogP contribution in [0.2, 0.25) is 0 Å².